The van der Waals surface area contributed by atoms with Crippen LogP contribution in [0.15, 0.2) is 24.3 Å². The Labute approximate surface area is 196 Å². The highest BCUT2D eigenvalue weighted by atomic mass is 19.4. The Morgan fingerprint density at radius 1 is 1.09 bits per heavy atom. The molecule has 0 aliphatic carbocycles. The highest BCUT2D eigenvalue weighted by molar-refractivity contribution is 6.11. The van der Waals surface area contributed by atoms with Gasteiger partial charge in [0.05, 0.1) is 12.3 Å². The highest BCUT2D eigenvalue weighted by Gasteiger charge is 2.67. The van der Waals surface area contributed by atoms with Crippen LogP contribution in [0, 0.1) is 5.92 Å². The predicted octanol–water partition coefficient (Wildman–Crippen LogP) is 2.40. The third kappa shape index (κ3) is 3.66. The van der Waals surface area contributed by atoms with Gasteiger partial charge in [0, 0.05) is 49.9 Å². The number of hydrogen-bond donors (Lipinski definition) is 1. The van der Waals surface area contributed by atoms with Crippen molar-refractivity contribution in [1.82, 2.24) is 15.1 Å². The van der Waals surface area contributed by atoms with E-state index < -0.39 is 36.4 Å². The van der Waals surface area contributed by atoms with Crippen LogP contribution in [-0.2, 0) is 19.9 Å². The van der Waals surface area contributed by atoms with E-state index >= 15 is 0 Å². The van der Waals surface area contributed by atoms with Crippen molar-refractivity contribution < 1.29 is 27.6 Å². The number of alkyl halides is 3. The topological polar surface area (TPSA) is 73.0 Å². The average molecular weight is 479 g/mol. The molecule has 5 rings (SSSR count). The molecule has 3 saturated heterocycles. The zero-order chi connectivity index (χ0) is 24.1. The van der Waals surface area contributed by atoms with Gasteiger partial charge in [-0.1, -0.05) is 18.2 Å². The van der Waals surface area contributed by atoms with Gasteiger partial charge < -0.3 is 15.1 Å². The van der Waals surface area contributed by atoms with Crippen molar-refractivity contribution in [2.75, 3.05) is 37.6 Å². The average Bonchev–Trinajstić information content (AvgIpc) is 3.44. The van der Waals surface area contributed by atoms with Gasteiger partial charge in [0.25, 0.3) is 5.91 Å². The summed E-state index contributed by atoms with van der Waals surface area (Å²) >= 11 is 0. The molecule has 10 heteroatoms. The first-order valence-electron chi connectivity index (χ1n) is 12.0. The maximum absolute atomic E-state index is 14.2. The standard InChI is InChI=1S/C24H29F3N4O3/c25-23(26,27)9-8-20(32)29-11-4-10-28-21(33)18-15-16-5-3-12-31(16)24(18)17-6-1-2-7-19(17)30(14-13-29)22(24)34/h1-2,6-7,16,18H,3-5,8-15H2,(H,28,33)/t16-,18-,24+/m0/s1. The lowest BCUT2D eigenvalue weighted by atomic mass is 9.78. The number of anilines is 1. The van der Waals surface area contributed by atoms with Crippen LogP contribution >= 0.6 is 0 Å². The van der Waals surface area contributed by atoms with Gasteiger partial charge in [0.2, 0.25) is 11.8 Å². The Morgan fingerprint density at radius 2 is 1.88 bits per heavy atom. The number of benzene rings is 1. The van der Waals surface area contributed by atoms with Gasteiger partial charge in [-0.15, -0.1) is 0 Å². The molecule has 2 bridgehead atoms. The van der Waals surface area contributed by atoms with Crippen molar-refractivity contribution in [3.8, 4) is 0 Å². The Balaban J connectivity index is 1.49. The second kappa shape index (κ2) is 8.55. The molecule has 4 aliphatic rings. The largest absolute Gasteiger partial charge is 0.389 e. The molecule has 3 amide bonds. The second-order valence-corrected chi connectivity index (χ2v) is 9.66. The third-order valence-electron chi connectivity index (χ3n) is 7.81. The molecule has 0 radical (unpaired) electrons. The van der Waals surface area contributed by atoms with Crippen molar-refractivity contribution in [3.63, 3.8) is 0 Å². The first kappa shape index (κ1) is 23.1. The van der Waals surface area contributed by atoms with Gasteiger partial charge in [-0.3, -0.25) is 19.3 Å². The van der Waals surface area contributed by atoms with E-state index in [1.807, 2.05) is 24.3 Å². The molecule has 3 atom stereocenters. The fourth-order valence-corrected chi connectivity index (χ4v) is 6.38. The minimum absolute atomic E-state index is 0.148. The summed E-state index contributed by atoms with van der Waals surface area (Å²) in [7, 11) is 0. The minimum atomic E-state index is -4.41. The first-order valence-corrected chi connectivity index (χ1v) is 12.0. The lowest BCUT2D eigenvalue weighted by molar-refractivity contribution is -0.149. The molecule has 0 saturated carbocycles. The molecule has 1 aromatic carbocycles. The number of hydrogen-bond acceptors (Lipinski definition) is 4. The summed E-state index contributed by atoms with van der Waals surface area (Å²) in [5.74, 6) is -1.43. The fraction of sp³-hybridized carbons (Fsp3) is 0.625. The van der Waals surface area contributed by atoms with E-state index in [2.05, 4.69) is 10.2 Å². The van der Waals surface area contributed by atoms with E-state index in [9.17, 15) is 27.6 Å². The zero-order valence-corrected chi connectivity index (χ0v) is 18.9. The molecule has 7 nitrogen and oxygen atoms in total. The van der Waals surface area contributed by atoms with Gasteiger partial charge in [0.1, 0.15) is 5.54 Å². The molecular formula is C24H29F3N4O3. The van der Waals surface area contributed by atoms with E-state index in [1.54, 1.807) is 4.90 Å². The van der Waals surface area contributed by atoms with Crippen molar-refractivity contribution in [2.45, 2.75) is 56.3 Å². The van der Waals surface area contributed by atoms with E-state index in [-0.39, 0.29) is 37.5 Å². The smallest absolute Gasteiger partial charge is 0.356 e. The minimum Gasteiger partial charge on any atom is -0.356 e. The number of carbonyl (C=O) groups excluding carboxylic acids is 3. The van der Waals surface area contributed by atoms with E-state index in [0.717, 1.165) is 30.6 Å². The van der Waals surface area contributed by atoms with Gasteiger partial charge >= 0.3 is 6.18 Å². The molecule has 1 aromatic rings. The molecule has 0 unspecified atom stereocenters. The number of fused-ring (bicyclic) bond motifs is 4. The lowest BCUT2D eigenvalue weighted by Crippen LogP contribution is -2.57. The molecule has 1 N–H and O–H groups in total. The number of nitrogens with one attached hydrogen (secondary N) is 1. The predicted molar refractivity (Wildman–Crippen MR) is 118 cm³/mol. The SMILES string of the molecule is O=C1NCCCN(C(=O)CCC(F)(F)F)CCN2C(=O)[C@@]3(c4ccccc42)[C@H]1C[C@@H]1CCCN13. The van der Waals surface area contributed by atoms with Crippen LogP contribution in [0.1, 0.15) is 44.1 Å². The monoisotopic (exact) mass is 478 g/mol. The first-order chi connectivity index (χ1) is 16.2. The second-order valence-electron chi connectivity index (χ2n) is 9.66. The maximum Gasteiger partial charge on any atom is 0.389 e. The van der Waals surface area contributed by atoms with Crippen LogP contribution in [0.25, 0.3) is 0 Å². The summed E-state index contributed by atoms with van der Waals surface area (Å²) in [5.41, 5.74) is 0.477. The molecular weight excluding hydrogens is 449 g/mol. The van der Waals surface area contributed by atoms with E-state index in [1.165, 1.54) is 4.90 Å². The maximum atomic E-state index is 14.2. The van der Waals surface area contributed by atoms with Crippen LogP contribution in [0.3, 0.4) is 0 Å². The van der Waals surface area contributed by atoms with Crippen molar-refractivity contribution in [2.24, 2.45) is 5.92 Å². The fourth-order valence-electron chi connectivity index (χ4n) is 6.38. The van der Waals surface area contributed by atoms with Gasteiger partial charge in [0.15, 0.2) is 0 Å². The summed E-state index contributed by atoms with van der Waals surface area (Å²) < 4.78 is 38.0. The highest BCUT2D eigenvalue weighted by Crippen LogP contribution is 2.57. The van der Waals surface area contributed by atoms with E-state index in [4.69, 9.17) is 0 Å². The number of nitrogens with zero attached hydrogens (tertiary/aromatic N) is 3. The van der Waals surface area contributed by atoms with Crippen molar-refractivity contribution >= 4 is 23.4 Å². The molecule has 184 valence electrons. The van der Waals surface area contributed by atoms with Crippen molar-refractivity contribution in [1.29, 1.82) is 0 Å². The Hall–Kier alpha value is -2.62. The van der Waals surface area contributed by atoms with Gasteiger partial charge in [-0.2, -0.15) is 13.2 Å². The van der Waals surface area contributed by atoms with E-state index in [0.29, 0.717) is 19.4 Å². The quantitative estimate of drug-likeness (QED) is 0.709. The Morgan fingerprint density at radius 3 is 2.68 bits per heavy atom. The normalized spacial score (nSPS) is 29.7. The summed E-state index contributed by atoms with van der Waals surface area (Å²) in [6.07, 6.45) is -3.22. The van der Waals surface area contributed by atoms with Crippen LogP contribution in [-0.4, -0.2) is 72.5 Å². The van der Waals surface area contributed by atoms with Gasteiger partial charge in [-0.25, -0.2) is 0 Å². The molecule has 1 spiro atoms. The van der Waals surface area contributed by atoms with Crippen LogP contribution < -0.4 is 10.2 Å². The molecule has 3 fully saturated rings. The van der Waals surface area contributed by atoms with Gasteiger partial charge in [-0.05, 0) is 38.3 Å². The number of rotatable bonds is 2. The summed E-state index contributed by atoms with van der Waals surface area (Å²) in [6.45, 7) is 1.60. The zero-order valence-electron chi connectivity index (χ0n) is 18.9. The Kier molecular flexibility index (Phi) is 5.82. The number of amides is 3. The summed E-state index contributed by atoms with van der Waals surface area (Å²) in [4.78, 5) is 45.4. The number of carbonyl (C=O) groups is 3. The molecule has 0 aromatic heterocycles. The molecule has 34 heavy (non-hydrogen) atoms. The number of para-hydroxylation sites is 1. The number of halogens is 3. The van der Waals surface area contributed by atoms with Crippen LogP contribution in [0.5, 0.6) is 0 Å². The Bertz CT molecular complexity index is 1000. The lowest BCUT2D eigenvalue weighted by Gasteiger charge is -2.38. The summed E-state index contributed by atoms with van der Waals surface area (Å²) in [5, 5.41) is 2.95. The molecule has 4 aliphatic heterocycles. The molecule has 4 heterocycles. The van der Waals surface area contributed by atoms with Crippen LogP contribution in [0.4, 0.5) is 18.9 Å². The van der Waals surface area contributed by atoms with Crippen molar-refractivity contribution in [3.05, 3.63) is 29.8 Å². The van der Waals surface area contributed by atoms with Crippen LogP contribution in [0.2, 0.25) is 0 Å². The third-order valence-corrected chi connectivity index (χ3v) is 7.81. The summed E-state index contributed by atoms with van der Waals surface area (Å²) in [6, 6.07) is 7.66.